The van der Waals surface area contributed by atoms with Crippen LogP contribution in [0.4, 0.5) is 0 Å². The van der Waals surface area contributed by atoms with Crippen molar-refractivity contribution in [3.63, 3.8) is 0 Å². The summed E-state index contributed by atoms with van der Waals surface area (Å²) in [5.74, 6) is 0. The van der Waals surface area contributed by atoms with Gasteiger partial charge >= 0.3 is 0 Å². The molecular weight excluding hydrogens is 246 g/mol. The molecule has 102 valence electrons. The zero-order valence-corrected chi connectivity index (χ0v) is 10.8. The zero-order valence-electron chi connectivity index (χ0n) is 10.8. The number of ether oxygens (including phenoxy) is 1. The molecule has 0 aliphatic heterocycles. The van der Waals surface area contributed by atoms with Gasteiger partial charge in [0.2, 0.25) is 0 Å². The highest BCUT2D eigenvalue weighted by Crippen LogP contribution is 2.19. The summed E-state index contributed by atoms with van der Waals surface area (Å²) in [4.78, 5) is 1.42. The van der Waals surface area contributed by atoms with Crippen LogP contribution in [0.1, 0.15) is 18.7 Å². The number of aromatic nitrogens is 3. The van der Waals surface area contributed by atoms with Gasteiger partial charge in [0.05, 0.1) is 18.0 Å². The molecule has 2 rings (SSSR count). The second-order valence-electron chi connectivity index (χ2n) is 4.28. The van der Waals surface area contributed by atoms with E-state index in [9.17, 15) is 10.2 Å². The van der Waals surface area contributed by atoms with Crippen LogP contribution < -0.4 is 0 Å². The number of hydrogen-bond acceptors (Lipinski definition) is 5. The predicted octanol–water partition coefficient (Wildman–Crippen LogP) is 0.697. The van der Waals surface area contributed by atoms with Crippen LogP contribution in [-0.4, -0.2) is 44.5 Å². The van der Waals surface area contributed by atoms with E-state index in [-0.39, 0.29) is 0 Å². The molecule has 6 heteroatoms. The minimum absolute atomic E-state index is 0.358. The summed E-state index contributed by atoms with van der Waals surface area (Å²) in [5.41, 5.74) is 1.16. The lowest BCUT2D eigenvalue weighted by Gasteiger charge is -2.22. The number of rotatable bonds is 5. The van der Waals surface area contributed by atoms with Crippen LogP contribution in [0.5, 0.6) is 0 Å². The summed E-state index contributed by atoms with van der Waals surface area (Å²) in [6.07, 6.45) is -1.10. The van der Waals surface area contributed by atoms with Crippen LogP contribution in [0.15, 0.2) is 36.5 Å². The first-order valence-corrected chi connectivity index (χ1v) is 6.00. The van der Waals surface area contributed by atoms with Gasteiger partial charge in [-0.1, -0.05) is 18.2 Å². The molecule has 0 aliphatic carbocycles. The molecule has 0 radical (unpaired) electrons. The van der Waals surface area contributed by atoms with Crippen LogP contribution >= 0.6 is 0 Å². The van der Waals surface area contributed by atoms with E-state index in [1.54, 1.807) is 6.92 Å². The monoisotopic (exact) mass is 263 g/mol. The maximum Gasteiger partial charge on any atom is 0.128 e. The third-order valence-electron chi connectivity index (χ3n) is 2.86. The van der Waals surface area contributed by atoms with Crippen molar-refractivity contribution in [3.8, 4) is 5.69 Å². The van der Waals surface area contributed by atoms with Gasteiger partial charge in [0.15, 0.2) is 0 Å². The molecule has 0 bridgehead atoms. The first-order chi connectivity index (χ1) is 9.13. The lowest BCUT2D eigenvalue weighted by atomic mass is 10.1. The lowest BCUT2D eigenvalue weighted by Crippen LogP contribution is -2.32. The Kier molecular flexibility index (Phi) is 4.26. The molecule has 19 heavy (non-hydrogen) atoms. The quantitative estimate of drug-likeness (QED) is 0.830. The minimum atomic E-state index is -1.03. The van der Waals surface area contributed by atoms with Crippen molar-refractivity contribution < 1.29 is 14.9 Å². The number of aliphatic hydroxyl groups is 2. The predicted molar refractivity (Wildman–Crippen MR) is 68.8 cm³/mol. The molecule has 3 atom stereocenters. The Labute approximate surface area is 111 Å². The molecule has 2 aromatic rings. The topological polar surface area (TPSA) is 80.4 Å². The third-order valence-corrected chi connectivity index (χ3v) is 2.86. The van der Waals surface area contributed by atoms with Crippen LogP contribution in [0.3, 0.4) is 0 Å². The first kappa shape index (κ1) is 13.7. The standard InChI is InChI=1S/C13H17N3O3/c1-9(17)13(19-2)12(18)11-8-14-16(15-11)10-6-4-3-5-7-10/h3-9,12-13,17-18H,1-2H3. The summed E-state index contributed by atoms with van der Waals surface area (Å²) in [6, 6.07) is 9.37. The molecule has 0 amide bonds. The van der Waals surface area contributed by atoms with Crippen molar-refractivity contribution in [1.82, 2.24) is 15.0 Å². The fourth-order valence-electron chi connectivity index (χ4n) is 1.85. The molecule has 3 unspecified atom stereocenters. The van der Waals surface area contributed by atoms with E-state index >= 15 is 0 Å². The fourth-order valence-corrected chi connectivity index (χ4v) is 1.85. The van der Waals surface area contributed by atoms with Crippen molar-refractivity contribution in [2.24, 2.45) is 0 Å². The van der Waals surface area contributed by atoms with Crippen LogP contribution in [0.25, 0.3) is 5.69 Å². The molecule has 1 aromatic carbocycles. The lowest BCUT2D eigenvalue weighted by molar-refractivity contribution is -0.0780. The Morgan fingerprint density at radius 2 is 1.89 bits per heavy atom. The molecule has 1 aromatic heterocycles. The number of benzene rings is 1. The Hall–Kier alpha value is -1.76. The molecule has 0 aliphatic rings. The van der Waals surface area contributed by atoms with Gasteiger partial charge < -0.3 is 14.9 Å². The van der Waals surface area contributed by atoms with Gasteiger partial charge in [0.1, 0.15) is 17.9 Å². The summed E-state index contributed by atoms with van der Waals surface area (Å²) >= 11 is 0. The van der Waals surface area contributed by atoms with Crippen molar-refractivity contribution >= 4 is 0 Å². The van der Waals surface area contributed by atoms with Gasteiger partial charge in [-0.2, -0.15) is 15.0 Å². The van der Waals surface area contributed by atoms with Gasteiger partial charge in [-0.05, 0) is 19.1 Å². The summed E-state index contributed by atoms with van der Waals surface area (Å²) in [7, 11) is 1.43. The van der Waals surface area contributed by atoms with Gasteiger partial charge in [-0.3, -0.25) is 0 Å². The Morgan fingerprint density at radius 1 is 1.21 bits per heavy atom. The van der Waals surface area contributed by atoms with E-state index in [1.807, 2.05) is 30.3 Å². The Morgan fingerprint density at radius 3 is 2.47 bits per heavy atom. The number of methoxy groups -OCH3 is 1. The Bertz CT molecular complexity index is 513. The van der Waals surface area contributed by atoms with Crippen molar-refractivity contribution in [3.05, 3.63) is 42.2 Å². The molecule has 2 N–H and O–H groups in total. The average Bonchev–Trinajstić information content (AvgIpc) is 2.89. The maximum absolute atomic E-state index is 10.1. The molecule has 1 heterocycles. The largest absolute Gasteiger partial charge is 0.391 e. The average molecular weight is 263 g/mol. The van der Waals surface area contributed by atoms with E-state index in [0.29, 0.717) is 5.69 Å². The van der Waals surface area contributed by atoms with Gasteiger partial charge in [-0.15, -0.1) is 0 Å². The number of para-hydroxylation sites is 1. The highest BCUT2D eigenvalue weighted by Gasteiger charge is 2.27. The first-order valence-electron chi connectivity index (χ1n) is 6.00. The normalized spacial score (nSPS) is 16.0. The molecule has 0 fully saturated rings. The highest BCUT2D eigenvalue weighted by molar-refractivity contribution is 5.28. The van der Waals surface area contributed by atoms with E-state index in [4.69, 9.17) is 4.74 Å². The molecule has 0 spiro atoms. The smallest absolute Gasteiger partial charge is 0.128 e. The molecular formula is C13H17N3O3. The van der Waals surface area contributed by atoms with Crippen molar-refractivity contribution in [1.29, 1.82) is 0 Å². The van der Waals surface area contributed by atoms with Gasteiger partial charge in [0.25, 0.3) is 0 Å². The summed E-state index contributed by atoms with van der Waals surface area (Å²) < 4.78 is 5.07. The number of hydrogen-bond donors (Lipinski definition) is 2. The molecule has 6 nitrogen and oxygen atoms in total. The number of nitrogens with zero attached hydrogens (tertiary/aromatic N) is 3. The van der Waals surface area contributed by atoms with Crippen molar-refractivity contribution in [2.45, 2.75) is 25.2 Å². The van der Waals surface area contributed by atoms with E-state index in [0.717, 1.165) is 5.69 Å². The van der Waals surface area contributed by atoms with E-state index < -0.39 is 18.3 Å². The second-order valence-corrected chi connectivity index (χ2v) is 4.28. The van der Waals surface area contributed by atoms with E-state index in [2.05, 4.69) is 10.2 Å². The van der Waals surface area contributed by atoms with Crippen LogP contribution in [0.2, 0.25) is 0 Å². The Balaban J connectivity index is 2.21. The van der Waals surface area contributed by atoms with Crippen LogP contribution in [0, 0.1) is 0 Å². The highest BCUT2D eigenvalue weighted by atomic mass is 16.5. The summed E-state index contributed by atoms with van der Waals surface area (Å²) in [6.45, 7) is 1.55. The molecule has 0 saturated heterocycles. The third kappa shape index (κ3) is 2.98. The van der Waals surface area contributed by atoms with Crippen LogP contribution in [-0.2, 0) is 4.74 Å². The van der Waals surface area contributed by atoms with Gasteiger partial charge in [-0.25, -0.2) is 0 Å². The molecule has 0 saturated carbocycles. The minimum Gasteiger partial charge on any atom is -0.391 e. The van der Waals surface area contributed by atoms with Crippen molar-refractivity contribution in [2.75, 3.05) is 7.11 Å². The fraction of sp³-hybridized carbons (Fsp3) is 0.385. The van der Waals surface area contributed by atoms with E-state index in [1.165, 1.54) is 18.1 Å². The van der Waals surface area contributed by atoms with Gasteiger partial charge in [0, 0.05) is 7.11 Å². The second kappa shape index (κ2) is 5.92. The zero-order chi connectivity index (χ0) is 13.8. The SMILES string of the molecule is COC(C(C)O)C(O)c1cnn(-c2ccccc2)n1. The summed E-state index contributed by atoms with van der Waals surface area (Å²) in [5, 5.41) is 27.9. The number of aliphatic hydroxyl groups excluding tert-OH is 2. The maximum atomic E-state index is 10.1.